The first-order valence-corrected chi connectivity index (χ1v) is 5.88. The summed E-state index contributed by atoms with van der Waals surface area (Å²) in [5.41, 5.74) is 3.14. The van der Waals surface area contributed by atoms with Gasteiger partial charge in [0.05, 0.1) is 0 Å². The lowest BCUT2D eigenvalue weighted by Crippen LogP contribution is -2.35. The predicted molar refractivity (Wildman–Crippen MR) is 69.6 cm³/mol. The quantitative estimate of drug-likeness (QED) is 0.817. The Morgan fingerprint density at radius 1 is 1.24 bits per heavy atom. The van der Waals surface area contributed by atoms with Crippen LogP contribution in [0.3, 0.4) is 0 Å². The molecule has 3 heteroatoms. The number of rotatable bonds is 2. The van der Waals surface area contributed by atoms with E-state index in [0.717, 1.165) is 28.7 Å². The Kier molecular flexibility index (Phi) is 2.96. The molecule has 1 aromatic heterocycles. The van der Waals surface area contributed by atoms with Gasteiger partial charge in [0.25, 0.3) is 0 Å². The van der Waals surface area contributed by atoms with Crippen LogP contribution in [-0.2, 0) is 6.54 Å². The third kappa shape index (κ3) is 2.86. The molecule has 0 saturated heterocycles. The van der Waals surface area contributed by atoms with E-state index >= 15 is 0 Å². The van der Waals surface area contributed by atoms with Gasteiger partial charge in [0.15, 0.2) is 0 Å². The van der Waals surface area contributed by atoms with Gasteiger partial charge in [-0.25, -0.2) is 4.39 Å². The van der Waals surface area contributed by atoms with Crippen LogP contribution in [0, 0.1) is 12.7 Å². The molecule has 0 aliphatic heterocycles. The number of halogens is 1. The summed E-state index contributed by atoms with van der Waals surface area (Å²) in [4.78, 5) is 3.33. The number of hydrogen-bond acceptors (Lipinski definition) is 1. The number of aryl methyl sites for hydroxylation is 1. The zero-order chi connectivity index (χ0) is 12.6. The van der Waals surface area contributed by atoms with Crippen LogP contribution in [0.2, 0.25) is 0 Å². The first-order valence-electron chi connectivity index (χ1n) is 5.88. The zero-order valence-electron chi connectivity index (χ0n) is 10.8. The molecule has 2 rings (SSSR count). The summed E-state index contributed by atoms with van der Waals surface area (Å²) in [7, 11) is 0. The van der Waals surface area contributed by atoms with Crippen molar-refractivity contribution in [1.82, 2.24) is 10.3 Å². The average Bonchev–Trinajstić information content (AvgIpc) is 2.56. The summed E-state index contributed by atoms with van der Waals surface area (Å²) in [6.07, 6.45) is 0. The maximum Gasteiger partial charge on any atom is 0.124 e. The SMILES string of the molecule is Cc1cc(F)cc2cc(CNC(C)(C)C)[nH]c12. The Balaban J connectivity index is 2.29. The number of fused-ring (bicyclic) bond motifs is 1. The van der Waals surface area contributed by atoms with Crippen molar-refractivity contribution >= 4 is 10.9 Å². The predicted octanol–water partition coefficient (Wildman–Crippen LogP) is 3.50. The minimum absolute atomic E-state index is 0.0809. The van der Waals surface area contributed by atoms with Crippen LogP contribution in [0.15, 0.2) is 18.2 Å². The molecule has 1 aromatic carbocycles. The highest BCUT2D eigenvalue weighted by molar-refractivity contribution is 5.83. The lowest BCUT2D eigenvalue weighted by Gasteiger charge is -2.19. The van der Waals surface area contributed by atoms with Gasteiger partial charge in [0.2, 0.25) is 0 Å². The van der Waals surface area contributed by atoms with Gasteiger partial charge in [-0.05, 0) is 51.5 Å². The molecule has 0 atom stereocenters. The van der Waals surface area contributed by atoms with E-state index in [1.165, 1.54) is 0 Å². The summed E-state index contributed by atoms with van der Waals surface area (Å²) in [5.74, 6) is -0.177. The van der Waals surface area contributed by atoms with Gasteiger partial charge in [-0.15, -0.1) is 0 Å². The molecular weight excluding hydrogens is 215 g/mol. The molecule has 0 saturated carbocycles. The first kappa shape index (κ1) is 12.1. The van der Waals surface area contributed by atoms with E-state index in [1.807, 2.05) is 13.0 Å². The van der Waals surface area contributed by atoms with E-state index in [0.29, 0.717) is 0 Å². The summed E-state index contributed by atoms with van der Waals surface area (Å²) in [6.45, 7) is 9.06. The fourth-order valence-corrected chi connectivity index (χ4v) is 1.89. The summed E-state index contributed by atoms with van der Waals surface area (Å²) in [5, 5.41) is 4.35. The van der Waals surface area contributed by atoms with Gasteiger partial charge in [-0.2, -0.15) is 0 Å². The van der Waals surface area contributed by atoms with Gasteiger partial charge in [0, 0.05) is 28.7 Å². The van der Waals surface area contributed by atoms with Crippen LogP contribution >= 0.6 is 0 Å². The van der Waals surface area contributed by atoms with Crippen molar-refractivity contribution < 1.29 is 4.39 Å². The smallest absolute Gasteiger partial charge is 0.124 e. The maximum atomic E-state index is 13.3. The second-order valence-electron chi connectivity index (χ2n) is 5.59. The molecule has 0 amide bonds. The molecule has 0 aliphatic rings. The van der Waals surface area contributed by atoms with Crippen LogP contribution in [-0.4, -0.2) is 10.5 Å². The average molecular weight is 234 g/mol. The minimum atomic E-state index is -0.177. The fourth-order valence-electron chi connectivity index (χ4n) is 1.89. The molecule has 0 radical (unpaired) electrons. The van der Waals surface area contributed by atoms with E-state index < -0.39 is 0 Å². The Morgan fingerprint density at radius 2 is 1.94 bits per heavy atom. The number of benzene rings is 1. The van der Waals surface area contributed by atoms with Crippen molar-refractivity contribution in [2.24, 2.45) is 0 Å². The van der Waals surface area contributed by atoms with Crippen LogP contribution in [0.5, 0.6) is 0 Å². The second-order valence-corrected chi connectivity index (χ2v) is 5.59. The van der Waals surface area contributed by atoms with E-state index in [9.17, 15) is 4.39 Å². The molecule has 17 heavy (non-hydrogen) atoms. The van der Waals surface area contributed by atoms with E-state index in [-0.39, 0.29) is 11.4 Å². The van der Waals surface area contributed by atoms with Crippen molar-refractivity contribution in [2.45, 2.75) is 39.8 Å². The Hall–Kier alpha value is -1.35. The number of aromatic nitrogens is 1. The lowest BCUT2D eigenvalue weighted by molar-refractivity contribution is 0.422. The first-order chi connectivity index (χ1) is 7.85. The highest BCUT2D eigenvalue weighted by Crippen LogP contribution is 2.21. The highest BCUT2D eigenvalue weighted by Gasteiger charge is 2.10. The van der Waals surface area contributed by atoms with Crippen molar-refractivity contribution in [3.63, 3.8) is 0 Å². The van der Waals surface area contributed by atoms with Crippen molar-refractivity contribution in [1.29, 1.82) is 0 Å². The van der Waals surface area contributed by atoms with Crippen molar-refractivity contribution in [3.8, 4) is 0 Å². The third-order valence-electron chi connectivity index (χ3n) is 2.76. The number of hydrogen-bond donors (Lipinski definition) is 2. The monoisotopic (exact) mass is 234 g/mol. The molecule has 1 heterocycles. The number of H-pyrrole nitrogens is 1. The van der Waals surface area contributed by atoms with Crippen LogP contribution in [0.25, 0.3) is 10.9 Å². The molecular formula is C14H19FN2. The molecule has 0 aliphatic carbocycles. The number of nitrogens with one attached hydrogen (secondary N) is 2. The molecule has 2 aromatic rings. The fraction of sp³-hybridized carbons (Fsp3) is 0.429. The van der Waals surface area contributed by atoms with Crippen LogP contribution < -0.4 is 5.32 Å². The standard InChI is InChI=1S/C14H19FN2/c1-9-5-11(15)6-10-7-12(17-13(9)10)8-16-14(2,3)4/h5-7,16-17H,8H2,1-4H3. The molecule has 92 valence electrons. The minimum Gasteiger partial charge on any atom is -0.357 e. The van der Waals surface area contributed by atoms with Gasteiger partial charge in [-0.3, -0.25) is 0 Å². The van der Waals surface area contributed by atoms with Crippen LogP contribution in [0.1, 0.15) is 32.0 Å². The summed E-state index contributed by atoms with van der Waals surface area (Å²) in [6, 6.07) is 5.13. The normalized spacial score (nSPS) is 12.3. The van der Waals surface area contributed by atoms with Crippen molar-refractivity contribution in [3.05, 3.63) is 35.3 Å². The number of aromatic amines is 1. The summed E-state index contributed by atoms with van der Waals surface area (Å²) < 4.78 is 13.3. The van der Waals surface area contributed by atoms with Gasteiger partial charge < -0.3 is 10.3 Å². The molecule has 2 nitrogen and oxygen atoms in total. The Labute approximate surface area is 101 Å². The van der Waals surface area contributed by atoms with Gasteiger partial charge in [0.1, 0.15) is 5.82 Å². The van der Waals surface area contributed by atoms with E-state index in [1.54, 1.807) is 12.1 Å². The second kappa shape index (κ2) is 4.15. The topological polar surface area (TPSA) is 27.8 Å². The van der Waals surface area contributed by atoms with E-state index in [2.05, 4.69) is 31.1 Å². The largest absolute Gasteiger partial charge is 0.357 e. The maximum absolute atomic E-state index is 13.3. The third-order valence-corrected chi connectivity index (χ3v) is 2.76. The molecule has 0 bridgehead atoms. The summed E-state index contributed by atoms with van der Waals surface area (Å²) >= 11 is 0. The van der Waals surface area contributed by atoms with Crippen molar-refractivity contribution in [2.75, 3.05) is 0 Å². The molecule has 2 N–H and O–H groups in total. The molecule has 0 fully saturated rings. The lowest BCUT2D eigenvalue weighted by atomic mass is 10.1. The Morgan fingerprint density at radius 3 is 2.59 bits per heavy atom. The van der Waals surface area contributed by atoms with Gasteiger partial charge >= 0.3 is 0 Å². The Bertz CT molecular complexity index is 535. The van der Waals surface area contributed by atoms with Gasteiger partial charge in [-0.1, -0.05) is 0 Å². The molecule has 0 unspecified atom stereocenters. The zero-order valence-corrected chi connectivity index (χ0v) is 10.8. The highest BCUT2D eigenvalue weighted by atomic mass is 19.1. The van der Waals surface area contributed by atoms with E-state index in [4.69, 9.17) is 0 Å². The van der Waals surface area contributed by atoms with Crippen LogP contribution in [0.4, 0.5) is 4.39 Å². The molecule has 0 spiro atoms.